The predicted octanol–water partition coefficient (Wildman–Crippen LogP) is 2.13. The van der Waals surface area contributed by atoms with Gasteiger partial charge in [-0.2, -0.15) is 0 Å². The number of halogens is 2. The van der Waals surface area contributed by atoms with Crippen LogP contribution in [0.4, 0.5) is 5.82 Å². The van der Waals surface area contributed by atoms with Gasteiger partial charge in [0.15, 0.2) is 0 Å². The minimum atomic E-state index is 0. The molecule has 1 aliphatic rings. The fourth-order valence-electron chi connectivity index (χ4n) is 2.04. The smallest absolute Gasteiger partial charge is 0.134 e. The number of rotatable bonds is 3. The number of piperidine rings is 1. The van der Waals surface area contributed by atoms with Crippen molar-refractivity contribution < 1.29 is 0 Å². The van der Waals surface area contributed by atoms with E-state index in [4.69, 9.17) is 11.6 Å². The van der Waals surface area contributed by atoms with Gasteiger partial charge in [-0.25, -0.2) is 9.97 Å². The second-order valence-electron chi connectivity index (χ2n) is 4.23. The van der Waals surface area contributed by atoms with E-state index in [1.54, 1.807) is 6.07 Å². The minimum absolute atomic E-state index is 0. The molecule has 17 heavy (non-hydrogen) atoms. The summed E-state index contributed by atoms with van der Waals surface area (Å²) in [7, 11) is 2.04. The number of hydrogen-bond donors (Lipinski definition) is 1. The van der Waals surface area contributed by atoms with E-state index in [1.807, 2.05) is 7.05 Å². The van der Waals surface area contributed by atoms with Crippen LogP contribution in [0.25, 0.3) is 0 Å². The second kappa shape index (κ2) is 6.99. The van der Waals surface area contributed by atoms with E-state index in [2.05, 4.69) is 20.2 Å². The first-order valence-corrected chi connectivity index (χ1v) is 6.05. The zero-order valence-corrected chi connectivity index (χ0v) is 11.5. The number of nitrogens with one attached hydrogen (secondary N) is 1. The van der Waals surface area contributed by atoms with Crippen molar-refractivity contribution in [3.8, 4) is 0 Å². The quantitative estimate of drug-likeness (QED) is 0.859. The maximum atomic E-state index is 5.84. The Hall–Kier alpha value is -0.580. The maximum Gasteiger partial charge on any atom is 0.134 e. The summed E-state index contributed by atoms with van der Waals surface area (Å²) in [4.78, 5) is 10.2. The van der Waals surface area contributed by atoms with Gasteiger partial charge in [-0.15, -0.1) is 12.4 Å². The highest BCUT2D eigenvalue weighted by Gasteiger charge is 2.15. The highest BCUT2D eigenvalue weighted by atomic mass is 35.5. The lowest BCUT2D eigenvalue weighted by Crippen LogP contribution is -2.42. The summed E-state index contributed by atoms with van der Waals surface area (Å²) >= 11 is 5.84. The largest absolute Gasteiger partial charge is 0.358 e. The Kier molecular flexibility index (Phi) is 5.95. The summed E-state index contributed by atoms with van der Waals surface area (Å²) in [6, 6.07) is 2.36. The van der Waals surface area contributed by atoms with Crippen LogP contribution in [-0.4, -0.2) is 36.1 Å². The number of anilines is 1. The molecule has 0 aromatic carbocycles. The van der Waals surface area contributed by atoms with Crippen LogP contribution in [0.5, 0.6) is 0 Å². The van der Waals surface area contributed by atoms with Gasteiger partial charge in [-0.3, -0.25) is 0 Å². The van der Waals surface area contributed by atoms with Crippen molar-refractivity contribution in [2.45, 2.75) is 25.3 Å². The topological polar surface area (TPSA) is 41.0 Å². The molecule has 0 radical (unpaired) electrons. The van der Waals surface area contributed by atoms with E-state index in [0.29, 0.717) is 11.2 Å². The van der Waals surface area contributed by atoms with Gasteiger partial charge < -0.3 is 10.2 Å². The van der Waals surface area contributed by atoms with Crippen LogP contribution in [0.2, 0.25) is 5.15 Å². The number of likely N-dealkylation sites (N-methyl/N-ethyl adjacent to an activating group) is 1. The molecule has 0 aliphatic carbocycles. The molecule has 6 heteroatoms. The first kappa shape index (κ1) is 14.5. The molecule has 1 fully saturated rings. The van der Waals surface area contributed by atoms with Crippen molar-refractivity contribution in [1.29, 1.82) is 0 Å². The third kappa shape index (κ3) is 4.30. The van der Waals surface area contributed by atoms with E-state index in [0.717, 1.165) is 18.9 Å². The van der Waals surface area contributed by atoms with Crippen molar-refractivity contribution in [3.63, 3.8) is 0 Å². The zero-order chi connectivity index (χ0) is 11.4. The Morgan fingerprint density at radius 3 is 2.94 bits per heavy atom. The third-order valence-corrected chi connectivity index (χ3v) is 3.12. The van der Waals surface area contributed by atoms with Crippen molar-refractivity contribution in [3.05, 3.63) is 17.5 Å². The molecule has 0 bridgehead atoms. The average molecular weight is 277 g/mol. The Morgan fingerprint density at radius 1 is 1.47 bits per heavy atom. The van der Waals surface area contributed by atoms with Gasteiger partial charge in [0.1, 0.15) is 17.3 Å². The van der Waals surface area contributed by atoms with Crippen LogP contribution in [-0.2, 0) is 0 Å². The van der Waals surface area contributed by atoms with Crippen LogP contribution >= 0.6 is 24.0 Å². The number of nitrogens with zero attached hydrogens (tertiary/aromatic N) is 3. The van der Waals surface area contributed by atoms with Crippen LogP contribution in [0, 0.1) is 0 Å². The Morgan fingerprint density at radius 2 is 2.29 bits per heavy atom. The SMILES string of the molecule is CN(CC1CCCCN1)c1cc(Cl)ncn1.Cl. The standard InChI is InChI=1S/C11H17ClN4.ClH/c1-16(7-9-4-2-3-5-13-9)11-6-10(12)14-8-15-11;/h6,8-9,13H,2-5,7H2,1H3;1H. The molecule has 4 nitrogen and oxygen atoms in total. The van der Waals surface area contributed by atoms with Gasteiger partial charge in [-0.05, 0) is 19.4 Å². The second-order valence-corrected chi connectivity index (χ2v) is 4.61. The van der Waals surface area contributed by atoms with Crippen LogP contribution in [0.15, 0.2) is 12.4 Å². The summed E-state index contributed by atoms with van der Waals surface area (Å²) in [6.45, 7) is 2.09. The molecule has 2 heterocycles. The lowest BCUT2D eigenvalue weighted by Gasteiger charge is -2.28. The summed E-state index contributed by atoms with van der Waals surface area (Å²) in [6.07, 6.45) is 5.35. The van der Waals surface area contributed by atoms with Gasteiger partial charge in [0, 0.05) is 25.7 Å². The molecule has 1 unspecified atom stereocenters. The number of aromatic nitrogens is 2. The summed E-state index contributed by atoms with van der Waals surface area (Å²) < 4.78 is 0. The van der Waals surface area contributed by atoms with Crippen LogP contribution in [0.3, 0.4) is 0 Å². The average Bonchev–Trinajstić information content (AvgIpc) is 2.30. The molecule has 1 N–H and O–H groups in total. The first-order valence-electron chi connectivity index (χ1n) is 5.68. The molecule has 1 atom stereocenters. The molecule has 2 rings (SSSR count). The van der Waals surface area contributed by atoms with E-state index in [-0.39, 0.29) is 12.4 Å². The highest BCUT2D eigenvalue weighted by Crippen LogP contribution is 2.15. The lowest BCUT2D eigenvalue weighted by atomic mass is 10.0. The number of hydrogen-bond acceptors (Lipinski definition) is 4. The molecule has 0 spiro atoms. The first-order chi connectivity index (χ1) is 7.75. The monoisotopic (exact) mass is 276 g/mol. The van der Waals surface area contributed by atoms with E-state index < -0.39 is 0 Å². The van der Waals surface area contributed by atoms with Gasteiger partial charge in [-0.1, -0.05) is 18.0 Å². The minimum Gasteiger partial charge on any atom is -0.358 e. The molecule has 1 saturated heterocycles. The zero-order valence-electron chi connectivity index (χ0n) is 9.90. The van der Waals surface area contributed by atoms with Crippen LogP contribution < -0.4 is 10.2 Å². The highest BCUT2D eigenvalue weighted by molar-refractivity contribution is 6.29. The predicted molar refractivity (Wildman–Crippen MR) is 73.2 cm³/mol. The van der Waals surface area contributed by atoms with Crippen molar-refractivity contribution in [2.24, 2.45) is 0 Å². The fraction of sp³-hybridized carbons (Fsp3) is 0.636. The molecular formula is C11H18Cl2N4. The van der Waals surface area contributed by atoms with Crippen molar-refractivity contribution in [2.75, 3.05) is 25.0 Å². The lowest BCUT2D eigenvalue weighted by molar-refractivity contribution is 0.403. The Bertz CT molecular complexity index is 342. The van der Waals surface area contributed by atoms with E-state index in [1.165, 1.54) is 25.6 Å². The van der Waals surface area contributed by atoms with E-state index >= 15 is 0 Å². The molecule has 96 valence electrons. The fourth-order valence-corrected chi connectivity index (χ4v) is 2.18. The summed E-state index contributed by atoms with van der Waals surface area (Å²) in [5, 5.41) is 4.01. The molecule has 1 aromatic rings. The van der Waals surface area contributed by atoms with Gasteiger partial charge in [0.2, 0.25) is 0 Å². The Balaban J connectivity index is 0.00000144. The van der Waals surface area contributed by atoms with Crippen molar-refractivity contribution in [1.82, 2.24) is 15.3 Å². The molecular weight excluding hydrogens is 259 g/mol. The summed E-state index contributed by atoms with van der Waals surface area (Å²) in [5.41, 5.74) is 0. The van der Waals surface area contributed by atoms with Crippen molar-refractivity contribution >= 4 is 29.8 Å². The molecule has 0 amide bonds. The molecule has 1 aliphatic heterocycles. The van der Waals surface area contributed by atoms with E-state index in [9.17, 15) is 0 Å². The molecule has 0 saturated carbocycles. The van der Waals surface area contributed by atoms with Gasteiger partial charge in [0.25, 0.3) is 0 Å². The molecule has 1 aromatic heterocycles. The maximum absolute atomic E-state index is 5.84. The Labute approximate surface area is 113 Å². The third-order valence-electron chi connectivity index (χ3n) is 2.92. The van der Waals surface area contributed by atoms with Gasteiger partial charge >= 0.3 is 0 Å². The van der Waals surface area contributed by atoms with Gasteiger partial charge in [0.05, 0.1) is 0 Å². The summed E-state index contributed by atoms with van der Waals surface area (Å²) in [5.74, 6) is 0.882. The normalized spacial score (nSPS) is 19.5. The van der Waals surface area contributed by atoms with Crippen LogP contribution in [0.1, 0.15) is 19.3 Å².